The lowest BCUT2D eigenvalue weighted by atomic mass is 9.96. The van der Waals surface area contributed by atoms with Gasteiger partial charge in [-0.3, -0.25) is 0 Å². The number of rotatable bonds is 4. The minimum atomic E-state index is 0.796. The summed E-state index contributed by atoms with van der Waals surface area (Å²) in [6.07, 6.45) is 4.29. The van der Waals surface area contributed by atoms with Crippen molar-refractivity contribution in [3.8, 4) is 0 Å². The van der Waals surface area contributed by atoms with Crippen LogP contribution in [0.3, 0.4) is 0 Å². The third-order valence-electron chi connectivity index (χ3n) is 1.25. The molecule has 0 fully saturated rings. The molecule has 0 aliphatic heterocycles. The molecule has 0 aromatic rings. The van der Waals surface area contributed by atoms with E-state index in [0.29, 0.717) is 0 Å². The summed E-state index contributed by atoms with van der Waals surface area (Å²) in [5, 5.41) is 0. The Labute approximate surface area is 59.0 Å². The van der Waals surface area contributed by atoms with Crippen molar-refractivity contribution in [1.82, 2.24) is 0 Å². The molecule has 0 spiro atoms. The monoisotopic (exact) mass is 125 g/mol. The van der Waals surface area contributed by atoms with Crippen LogP contribution in [0.2, 0.25) is 0 Å². The standard InChI is InChI=1S/C9H17/c1-5-6-9(4)7-8(2)3/h5,8H,1,6-7H2,2-4H3. The zero-order valence-corrected chi connectivity index (χ0v) is 6.78. The Morgan fingerprint density at radius 3 is 2.44 bits per heavy atom. The number of allylic oxidation sites excluding steroid dienone is 1. The van der Waals surface area contributed by atoms with Gasteiger partial charge in [0.2, 0.25) is 0 Å². The van der Waals surface area contributed by atoms with Gasteiger partial charge in [0.25, 0.3) is 0 Å². The van der Waals surface area contributed by atoms with Crippen LogP contribution in [0, 0.1) is 11.8 Å². The molecule has 0 bridgehead atoms. The third-order valence-corrected chi connectivity index (χ3v) is 1.25. The highest BCUT2D eigenvalue weighted by Crippen LogP contribution is 2.16. The van der Waals surface area contributed by atoms with Gasteiger partial charge in [0, 0.05) is 0 Å². The predicted octanol–water partition coefficient (Wildman–Crippen LogP) is 3.20. The highest BCUT2D eigenvalue weighted by Gasteiger charge is 2.01. The second-order valence-electron chi connectivity index (χ2n) is 3.05. The molecule has 0 unspecified atom stereocenters. The van der Waals surface area contributed by atoms with Crippen LogP contribution in [0.25, 0.3) is 0 Å². The van der Waals surface area contributed by atoms with Crippen LogP contribution in [-0.2, 0) is 0 Å². The van der Waals surface area contributed by atoms with Crippen molar-refractivity contribution in [3.05, 3.63) is 18.6 Å². The summed E-state index contributed by atoms with van der Waals surface area (Å²) < 4.78 is 0. The maximum Gasteiger partial charge on any atom is -0.0232 e. The van der Waals surface area contributed by atoms with Crippen LogP contribution >= 0.6 is 0 Å². The lowest BCUT2D eigenvalue weighted by molar-refractivity contribution is 0.588. The highest BCUT2D eigenvalue weighted by molar-refractivity contribution is 4.91. The Hall–Kier alpha value is -0.260. The van der Waals surface area contributed by atoms with Crippen LogP contribution in [0.4, 0.5) is 0 Å². The van der Waals surface area contributed by atoms with E-state index < -0.39 is 0 Å². The average molecular weight is 125 g/mol. The van der Waals surface area contributed by atoms with Crippen molar-refractivity contribution in [1.29, 1.82) is 0 Å². The van der Waals surface area contributed by atoms with Gasteiger partial charge in [0.15, 0.2) is 0 Å². The summed E-state index contributed by atoms with van der Waals surface area (Å²) in [6, 6.07) is 0. The maximum atomic E-state index is 3.69. The summed E-state index contributed by atoms with van der Waals surface area (Å²) >= 11 is 0. The van der Waals surface area contributed by atoms with Gasteiger partial charge in [-0.25, -0.2) is 0 Å². The van der Waals surface area contributed by atoms with Crippen LogP contribution in [0.5, 0.6) is 0 Å². The minimum Gasteiger partial charge on any atom is -0.103 e. The van der Waals surface area contributed by atoms with Gasteiger partial charge in [-0.1, -0.05) is 26.8 Å². The van der Waals surface area contributed by atoms with E-state index in [1.165, 1.54) is 6.42 Å². The molecule has 0 N–H and O–H groups in total. The molecule has 9 heavy (non-hydrogen) atoms. The van der Waals surface area contributed by atoms with Gasteiger partial charge in [0.1, 0.15) is 0 Å². The second kappa shape index (κ2) is 4.60. The molecule has 1 radical (unpaired) electrons. The average Bonchev–Trinajstić information content (AvgIpc) is 1.63. The Morgan fingerprint density at radius 2 is 2.11 bits per heavy atom. The van der Waals surface area contributed by atoms with Crippen LogP contribution < -0.4 is 0 Å². The van der Waals surface area contributed by atoms with Gasteiger partial charge >= 0.3 is 0 Å². The van der Waals surface area contributed by atoms with Crippen molar-refractivity contribution in [3.63, 3.8) is 0 Å². The first-order valence-electron chi connectivity index (χ1n) is 3.59. The summed E-state index contributed by atoms with van der Waals surface area (Å²) in [5.74, 6) is 2.34. The van der Waals surface area contributed by atoms with Gasteiger partial charge in [0.05, 0.1) is 0 Å². The predicted molar refractivity (Wildman–Crippen MR) is 43.2 cm³/mol. The van der Waals surface area contributed by atoms with E-state index >= 15 is 0 Å². The van der Waals surface area contributed by atoms with E-state index in [4.69, 9.17) is 0 Å². The maximum absolute atomic E-state index is 3.69. The SMILES string of the molecule is C=CC[C](C)CC(C)C. The van der Waals surface area contributed by atoms with Gasteiger partial charge in [-0.15, -0.1) is 6.58 Å². The molecule has 0 saturated carbocycles. The highest BCUT2D eigenvalue weighted by atomic mass is 14.1. The summed E-state index contributed by atoms with van der Waals surface area (Å²) in [5.41, 5.74) is 0. The van der Waals surface area contributed by atoms with Crippen LogP contribution in [0.15, 0.2) is 12.7 Å². The van der Waals surface area contributed by atoms with Crippen molar-refractivity contribution in [2.75, 3.05) is 0 Å². The Balaban J connectivity index is 3.25. The summed E-state index contributed by atoms with van der Waals surface area (Å²) in [6.45, 7) is 10.4. The quantitative estimate of drug-likeness (QED) is 0.506. The second-order valence-corrected chi connectivity index (χ2v) is 3.05. The van der Waals surface area contributed by atoms with E-state index in [9.17, 15) is 0 Å². The molecule has 0 heteroatoms. The Kier molecular flexibility index (Phi) is 4.47. The van der Waals surface area contributed by atoms with E-state index in [1.807, 2.05) is 6.08 Å². The lowest BCUT2D eigenvalue weighted by Gasteiger charge is -2.09. The molecule has 0 aliphatic carbocycles. The molecule has 53 valence electrons. The molecule has 0 rings (SSSR count). The molecular formula is C9H17. The molecular weight excluding hydrogens is 108 g/mol. The molecule has 0 aromatic carbocycles. The van der Waals surface area contributed by atoms with Crippen LogP contribution in [-0.4, -0.2) is 0 Å². The first kappa shape index (κ1) is 8.74. The van der Waals surface area contributed by atoms with E-state index in [2.05, 4.69) is 27.4 Å². The molecule has 0 saturated heterocycles. The van der Waals surface area contributed by atoms with Crippen molar-refractivity contribution in [2.24, 2.45) is 5.92 Å². The zero-order chi connectivity index (χ0) is 7.28. The Morgan fingerprint density at radius 1 is 1.56 bits per heavy atom. The molecule has 0 aliphatic rings. The fourth-order valence-corrected chi connectivity index (χ4v) is 1.03. The largest absolute Gasteiger partial charge is 0.103 e. The minimum absolute atomic E-state index is 0.796. The normalized spacial score (nSPS) is 10.8. The molecule has 0 nitrogen and oxygen atoms in total. The van der Waals surface area contributed by atoms with Crippen LogP contribution in [0.1, 0.15) is 33.6 Å². The first-order chi connectivity index (χ1) is 4.16. The lowest BCUT2D eigenvalue weighted by Crippen LogP contribution is -1.95. The molecule has 0 atom stereocenters. The van der Waals surface area contributed by atoms with Gasteiger partial charge < -0.3 is 0 Å². The zero-order valence-electron chi connectivity index (χ0n) is 6.78. The topological polar surface area (TPSA) is 0 Å². The van der Waals surface area contributed by atoms with E-state index in [1.54, 1.807) is 5.92 Å². The van der Waals surface area contributed by atoms with Gasteiger partial charge in [-0.2, -0.15) is 0 Å². The van der Waals surface area contributed by atoms with Gasteiger partial charge in [-0.05, 0) is 24.7 Å². The van der Waals surface area contributed by atoms with E-state index in [-0.39, 0.29) is 0 Å². The van der Waals surface area contributed by atoms with Crippen molar-refractivity contribution < 1.29 is 0 Å². The molecule has 0 heterocycles. The van der Waals surface area contributed by atoms with Crippen molar-refractivity contribution in [2.45, 2.75) is 33.6 Å². The summed E-state index contributed by atoms with van der Waals surface area (Å²) in [4.78, 5) is 0. The Bertz CT molecular complexity index is 72.1. The molecule has 0 amide bonds. The van der Waals surface area contributed by atoms with Crippen molar-refractivity contribution >= 4 is 0 Å². The fraction of sp³-hybridized carbons (Fsp3) is 0.667. The first-order valence-corrected chi connectivity index (χ1v) is 3.59. The van der Waals surface area contributed by atoms with E-state index in [0.717, 1.165) is 12.3 Å². The number of hydrogen-bond donors (Lipinski definition) is 0. The number of hydrogen-bond acceptors (Lipinski definition) is 0. The summed E-state index contributed by atoms with van der Waals surface area (Å²) in [7, 11) is 0. The fourth-order valence-electron chi connectivity index (χ4n) is 1.03. The smallest absolute Gasteiger partial charge is 0.0232 e. The molecule has 0 aromatic heterocycles. The third kappa shape index (κ3) is 5.61.